The number of aliphatic hydroxyl groups excluding tert-OH is 1. The minimum atomic E-state index is -0.153. The van der Waals surface area contributed by atoms with E-state index in [1.54, 1.807) is 0 Å². The maximum Gasteiger partial charge on any atom is 0.221 e. The highest BCUT2D eigenvalue weighted by Crippen LogP contribution is 2.18. The highest BCUT2D eigenvalue weighted by molar-refractivity contribution is 7.99. The Kier molecular flexibility index (Phi) is 7.37. The van der Waals surface area contributed by atoms with Gasteiger partial charge in [-0.05, 0) is 25.7 Å². The molecule has 2 rings (SSSR count). The molecule has 6 heteroatoms. The monoisotopic (exact) mass is 294 g/mol. The number of hydrogen-bond donors (Lipinski definition) is 3. The van der Waals surface area contributed by atoms with Gasteiger partial charge in [0.15, 0.2) is 0 Å². The number of hydrogen-bond acceptors (Lipinski definition) is 4. The Bertz CT molecular complexity index is 254. The summed E-state index contributed by atoms with van der Waals surface area (Å²) in [6, 6.07) is 0.616. The van der Waals surface area contributed by atoms with E-state index in [1.807, 2.05) is 11.8 Å². The van der Waals surface area contributed by atoms with Crippen LogP contribution in [0.5, 0.6) is 0 Å². The van der Waals surface area contributed by atoms with E-state index in [1.165, 1.54) is 0 Å². The lowest BCUT2D eigenvalue weighted by Gasteiger charge is -2.28. The number of rotatable bonds is 3. The van der Waals surface area contributed by atoms with Crippen LogP contribution in [0.4, 0.5) is 0 Å². The van der Waals surface area contributed by atoms with E-state index in [4.69, 9.17) is 0 Å². The number of nitrogens with one attached hydrogen (secondary N) is 2. The van der Waals surface area contributed by atoms with Gasteiger partial charge in [-0.15, -0.1) is 12.4 Å². The zero-order valence-electron chi connectivity index (χ0n) is 10.6. The molecule has 1 aliphatic carbocycles. The van der Waals surface area contributed by atoms with E-state index in [9.17, 15) is 9.90 Å². The highest BCUT2D eigenvalue weighted by atomic mass is 35.5. The molecule has 0 aromatic heterocycles. The Labute approximate surface area is 119 Å². The van der Waals surface area contributed by atoms with E-state index < -0.39 is 0 Å². The van der Waals surface area contributed by atoms with Gasteiger partial charge in [0.05, 0.1) is 6.10 Å². The molecule has 18 heavy (non-hydrogen) atoms. The van der Waals surface area contributed by atoms with Crippen molar-refractivity contribution in [3.63, 3.8) is 0 Å². The summed E-state index contributed by atoms with van der Waals surface area (Å²) in [6.07, 6.45) is 3.91. The molecule has 1 aliphatic heterocycles. The lowest BCUT2D eigenvalue weighted by atomic mass is 9.93. The van der Waals surface area contributed by atoms with E-state index in [-0.39, 0.29) is 30.5 Å². The second-order valence-electron chi connectivity index (χ2n) is 5.00. The van der Waals surface area contributed by atoms with Gasteiger partial charge in [-0.3, -0.25) is 4.79 Å². The van der Waals surface area contributed by atoms with Crippen molar-refractivity contribution in [3.8, 4) is 0 Å². The van der Waals surface area contributed by atoms with Gasteiger partial charge < -0.3 is 15.7 Å². The smallest absolute Gasteiger partial charge is 0.221 e. The first-order valence-electron chi connectivity index (χ1n) is 6.52. The summed E-state index contributed by atoms with van der Waals surface area (Å²) in [5.41, 5.74) is 0. The summed E-state index contributed by atoms with van der Waals surface area (Å²) in [6.45, 7) is 1.01. The van der Waals surface area contributed by atoms with Crippen molar-refractivity contribution >= 4 is 30.1 Å². The van der Waals surface area contributed by atoms with E-state index in [2.05, 4.69) is 10.6 Å². The minimum Gasteiger partial charge on any atom is -0.393 e. The Hall–Kier alpha value is 0.0300. The molecule has 2 fully saturated rings. The standard InChI is InChI=1S/C12H22N2O2S.ClH/c15-11-3-1-9(2-4-11)14-12(16)7-10-8-17-6-5-13-10;/h9-11,13,15H,1-8H2,(H,14,16);1H. The normalized spacial score (nSPS) is 32.4. The summed E-state index contributed by atoms with van der Waals surface area (Å²) < 4.78 is 0. The molecule has 2 aliphatic rings. The van der Waals surface area contributed by atoms with Crippen LogP contribution >= 0.6 is 24.2 Å². The molecule has 0 aromatic rings. The molecular formula is C12H23ClN2O2S. The Morgan fingerprint density at radius 1 is 1.33 bits per heavy atom. The van der Waals surface area contributed by atoms with Crippen LogP contribution in [0.3, 0.4) is 0 Å². The average molecular weight is 295 g/mol. The fraction of sp³-hybridized carbons (Fsp3) is 0.917. The predicted octanol–water partition coefficient (Wildman–Crippen LogP) is 0.923. The molecule has 1 saturated heterocycles. The highest BCUT2D eigenvalue weighted by Gasteiger charge is 2.22. The molecule has 1 heterocycles. The summed E-state index contributed by atoms with van der Waals surface area (Å²) in [4.78, 5) is 11.8. The topological polar surface area (TPSA) is 61.4 Å². The first kappa shape index (κ1) is 16.1. The maximum atomic E-state index is 11.8. The summed E-state index contributed by atoms with van der Waals surface area (Å²) >= 11 is 1.92. The molecule has 1 saturated carbocycles. The zero-order chi connectivity index (χ0) is 12.1. The number of amides is 1. The first-order chi connectivity index (χ1) is 8.24. The SMILES string of the molecule is Cl.O=C(CC1CSCCN1)NC1CCC(O)CC1. The number of thioether (sulfide) groups is 1. The number of aliphatic hydroxyl groups is 1. The fourth-order valence-corrected chi connectivity index (χ4v) is 3.43. The molecule has 3 N–H and O–H groups in total. The summed E-state index contributed by atoms with van der Waals surface area (Å²) in [5.74, 6) is 2.35. The summed E-state index contributed by atoms with van der Waals surface area (Å²) in [7, 11) is 0. The molecule has 1 unspecified atom stereocenters. The Morgan fingerprint density at radius 3 is 2.67 bits per heavy atom. The van der Waals surface area contributed by atoms with Gasteiger partial charge in [0.1, 0.15) is 0 Å². The largest absolute Gasteiger partial charge is 0.393 e. The van der Waals surface area contributed by atoms with Gasteiger partial charge in [-0.25, -0.2) is 0 Å². The van der Waals surface area contributed by atoms with Crippen molar-refractivity contribution in [2.45, 2.75) is 50.3 Å². The quantitative estimate of drug-likeness (QED) is 0.724. The third-order valence-electron chi connectivity index (χ3n) is 3.49. The van der Waals surface area contributed by atoms with Crippen LogP contribution in [0.2, 0.25) is 0 Å². The van der Waals surface area contributed by atoms with Crippen LogP contribution in [0, 0.1) is 0 Å². The summed E-state index contributed by atoms with van der Waals surface area (Å²) in [5, 5.41) is 15.9. The van der Waals surface area contributed by atoms with Gasteiger partial charge in [0.2, 0.25) is 5.91 Å². The molecule has 0 radical (unpaired) electrons. The van der Waals surface area contributed by atoms with Gasteiger partial charge in [-0.1, -0.05) is 0 Å². The predicted molar refractivity (Wildman–Crippen MR) is 77.4 cm³/mol. The van der Waals surface area contributed by atoms with Crippen LogP contribution in [0.25, 0.3) is 0 Å². The van der Waals surface area contributed by atoms with E-state index >= 15 is 0 Å². The average Bonchev–Trinajstić information content (AvgIpc) is 2.33. The lowest BCUT2D eigenvalue weighted by Crippen LogP contribution is -2.44. The van der Waals surface area contributed by atoms with Crippen molar-refractivity contribution in [2.75, 3.05) is 18.1 Å². The van der Waals surface area contributed by atoms with Crippen LogP contribution in [0.15, 0.2) is 0 Å². The third-order valence-corrected chi connectivity index (χ3v) is 4.62. The zero-order valence-corrected chi connectivity index (χ0v) is 12.2. The van der Waals surface area contributed by atoms with Gasteiger partial charge in [0, 0.05) is 36.6 Å². The molecule has 106 valence electrons. The number of halogens is 1. The van der Waals surface area contributed by atoms with Gasteiger partial charge in [-0.2, -0.15) is 11.8 Å². The van der Waals surface area contributed by atoms with Crippen molar-refractivity contribution in [3.05, 3.63) is 0 Å². The second kappa shape index (κ2) is 8.25. The molecule has 0 aromatic carbocycles. The van der Waals surface area contributed by atoms with Crippen LogP contribution in [-0.2, 0) is 4.79 Å². The maximum absolute atomic E-state index is 11.8. The molecule has 1 atom stereocenters. The van der Waals surface area contributed by atoms with Crippen LogP contribution in [-0.4, -0.2) is 47.3 Å². The van der Waals surface area contributed by atoms with Crippen molar-refractivity contribution in [1.29, 1.82) is 0 Å². The first-order valence-corrected chi connectivity index (χ1v) is 7.68. The van der Waals surface area contributed by atoms with Crippen LogP contribution < -0.4 is 10.6 Å². The van der Waals surface area contributed by atoms with Crippen molar-refractivity contribution in [2.24, 2.45) is 0 Å². The lowest BCUT2D eigenvalue weighted by molar-refractivity contribution is -0.122. The molecule has 0 bridgehead atoms. The van der Waals surface area contributed by atoms with Gasteiger partial charge >= 0.3 is 0 Å². The number of carbonyl (C=O) groups excluding carboxylic acids is 1. The molecule has 4 nitrogen and oxygen atoms in total. The van der Waals surface area contributed by atoms with E-state index in [0.717, 1.165) is 43.7 Å². The van der Waals surface area contributed by atoms with Gasteiger partial charge in [0.25, 0.3) is 0 Å². The minimum absolute atomic E-state index is 0. The van der Waals surface area contributed by atoms with Crippen molar-refractivity contribution in [1.82, 2.24) is 10.6 Å². The fourth-order valence-electron chi connectivity index (χ4n) is 2.48. The number of carbonyl (C=O) groups is 1. The Balaban J connectivity index is 0.00000162. The second-order valence-corrected chi connectivity index (χ2v) is 6.15. The van der Waals surface area contributed by atoms with Crippen LogP contribution in [0.1, 0.15) is 32.1 Å². The third kappa shape index (κ3) is 5.34. The Morgan fingerprint density at radius 2 is 2.06 bits per heavy atom. The van der Waals surface area contributed by atoms with E-state index in [0.29, 0.717) is 12.5 Å². The van der Waals surface area contributed by atoms with Crippen molar-refractivity contribution < 1.29 is 9.90 Å². The molecule has 1 amide bonds. The molecular weight excluding hydrogens is 272 g/mol. The molecule has 0 spiro atoms.